The van der Waals surface area contributed by atoms with E-state index in [0.29, 0.717) is 0 Å². The van der Waals surface area contributed by atoms with Crippen LogP contribution in [0.3, 0.4) is 0 Å². The largest absolute Gasteiger partial charge is 0.0736 e. The first-order valence-corrected chi connectivity index (χ1v) is 11.4. The van der Waals surface area contributed by atoms with E-state index in [1.54, 1.807) is 0 Å². The molecule has 140 valence electrons. The molecule has 1 heteroatoms. The maximum absolute atomic E-state index is 2.54. The summed E-state index contributed by atoms with van der Waals surface area (Å²) >= 11 is 2.54. The van der Waals surface area contributed by atoms with Crippen molar-refractivity contribution >= 4 is 33.4 Å². The van der Waals surface area contributed by atoms with Crippen LogP contribution in [0.4, 0.5) is 0 Å². The smallest absolute Gasteiger partial charge is 0.0619 e. The lowest BCUT2D eigenvalue weighted by Gasteiger charge is -2.31. The fraction of sp³-hybridized carbons (Fsp3) is 0.0345. The van der Waals surface area contributed by atoms with Gasteiger partial charge in [-0.3, -0.25) is 0 Å². The van der Waals surface area contributed by atoms with Crippen molar-refractivity contribution in [1.29, 1.82) is 0 Å². The van der Waals surface area contributed by atoms with Crippen LogP contribution in [0.1, 0.15) is 22.3 Å². The first-order valence-electron chi connectivity index (χ1n) is 10.3. The van der Waals surface area contributed by atoms with E-state index in [4.69, 9.17) is 0 Å². The van der Waals surface area contributed by atoms with Gasteiger partial charge < -0.3 is 0 Å². The minimum Gasteiger partial charge on any atom is -0.0619 e. The van der Waals surface area contributed by atoms with Crippen LogP contribution in [0.5, 0.6) is 0 Å². The van der Waals surface area contributed by atoms with Crippen molar-refractivity contribution in [2.45, 2.75) is 5.41 Å². The van der Waals surface area contributed by atoms with Crippen LogP contribution in [0.15, 0.2) is 103 Å². The van der Waals surface area contributed by atoms with Crippen LogP contribution in [0.2, 0.25) is 0 Å². The summed E-state index contributed by atoms with van der Waals surface area (Å²) in [5.74, 6) is 0. The van der Waals surface area contributed by atoms with Gasteiger partial charge in [-0.15, -0.1) is 0 Å². The van der Waals surface area contributed by atoms with Gasteiger partial charge in [0.1, 0.15) is 0 Å². The van der Waals surface area contributed by atoms with Crippen LogP contribution in [-0.4, -0.2) is 0 Å². The second-order valence-electron chi connectivity index (χ2n) is 8.21. The van der Waals surface area contributed by atoms with Crippen molar-refractivity contribution in [3.05, 3.63) is 129 Å². The van der Waals surface area contributed by atoms with Crippen molar-refractivity contribution in [3.63, 3.8) is 0 Å². The lowest BCUT2D eigenvalue weighted by molar-refractivity contribution is 0.789. The summed E-state index contributed by atoms with van der Waals surface area (Å²) in [5.41, 5.74) is 10.9. The van der Waals surface area contributed by atoms with E-state index >= 15 is 0 Å². The van der Waals surface area contributed by atoms with E-state index in [0.717, 1.165) is 0 Å². The average molecular weight is 492 g/mol. The predicted octanol–water partition coefficient (Wildman–Crippen LogP) is 7.79. The summed E-state index contributed by atoms with van der Waals surface area (Å²) in [6.45, 7) is 0. The van der Waals surface area contributed by atoms with Crippen LogP contribution in [-0.2, 0) is 5.41 Å². The zero-order valence-electron chi connectivity index (χ0n) is 16.2. The molecule has 0 aromatic heterocycles. The summed E-state index contributed by atoms with van der Waals surface area (Å²) < 4.78 is 1.33. The molecule has 0 saturated heterocycles. The Hall–Kier alpha value is -2.91. The zero-order chi connectivity index (χ0) is 19.9. The Morgan fingerprint density at radius 3 is 2.03 bits per heavy atom. The minimum absolute atomic E-state index is 0.250. The fourth-order valence-electron chi connectivity index (χ4n) is 5.92. The van der Waals surface area contributed by atoms with Gasteiger partial charge in [0, 0.05) is 3.57 Å². The number of hydrogen-bond donors (Lipinski definition) is 0. The van der Waals surface area contributed by atoms with Gasteiger partial charge in [0.25, 0.3) is 0 Å². The van der Waals surface area contributed by atoms with Gasteiger partial charge in [-0.2, -0.15) is 0 Å². The summed E-state index contributed by atoms with van der Waals surface area (Å²) in [4.78, 5) is 0. The van der Waals surface area contributed by atoms with Crippen LogP contribution < -0.4 is 0 Å². The van der Waals surface area contributed by atoms with E-state index in [1.165, 1.54) is 58.9 Å². The van der Waals surface area contributed by atoms with E-state index < -0.39 is 0 Å². The molecule has 5 aromatic carbocycles. The number of rotatable bonds is 0. The number of halogens is 1. The molecule has 0 N–H and O–H groups in total. The van der Waals surface area contributed by atoms with Gasteiger partial charge in [-0.05, 0) is 83.9 Å². The molecular formula is C29H17I. The van der Waals surface area contributed by atoms with E-state index in [2.05, 4.69) is 126 Å². The first-order chi connectivity index (χ1) is 14.8. The lowest BCUT2D eigenvalue weighted by atomic mass is 9.70. The zero-order valence-corrected chi connectivity index (χ0v) is 18.4. The Morgan fingerprint density at radius 2 is 1.17 bits per heavy atom. The maximum atomic E-state index is 2.54. The summed E-state index contributed by atoms with van der Waals surface area (Å²) in [5, 5.41) is 2.65. The van der Waals surface area contributed by atoms with Crippen LogP contribution >= 0.6 is 22.6 Å². The fourth-order valence-corrected chi connectivity index (χ4v) is 6.82. The second kappa shape index (κ2) is 5.83. The van der Waals surface area contributed by atoms with Crippen molar-refractivity contribution in [3.8, 4) is 22.3 Å². The maximum Gasteiger partial charge on any atom is 0.0736 e. The Labute approximate surface area is 189 Å². The van der Waals surface area contributed by atoms with Gasteiger partial charge in [0.15, 0.2) is 0 Å². The highest BCUT2D eigenvalue weighted by Crippen LogP contribution is 2.64. The summed E-state index contributed by atoms with van der Waals surface area (Å²) in [7, 11) is 0. The summed E-state index contributed by atoms with van der Waals surface area (Å²) in [6, 6.07) is 38.3. The highest BCUT2D eigenvalue weighted by Gasteiger charge is 2.52. The third-order valence-electron chi connectivity index (χ3n) is 6.94. The van der Waals surface area contributed by atoms with E-state index in [-0.39, 0.29) is 5.41 Å². The van der Waals surface area contributed by atoms with Crippen LogP contribution in [0, 0.1) is 3.57 Å². The minimum atomic E-state index is -0.250. The standard InChI is InChI=1S/C29H17I/c30-26-15-7-12-21-20-10-3-5-13-23(20)29(28(21)26)24-14-6-4-11-22(24)27-19-9-2-1-8-18(19)16-17-25(27)29/h1-17H. The van der Waals surface area contributed by atoms with Gasteiger partial charge in [-0.1, -0.05) is 97.1 Å². The third-order valence-corrected chi connectivity index (χ3v) is 7.84. The third kappa shape index (κ3) is 1.83. The van der Waals surface area contributed by atoms with Gasteiger partial charge in [0.05, 0.1) is 5.41 Å². The lowest BCUT2D eigenvalue weighted by Crippen LogP contribution is -2.26. The number of hydrogen-bond acceptors (Lipinski definition) is 0. The molecule has 0 amide bonds. The van der Waals surface area contributed by atoms with Crippen molar-refractivity contribution < 1.29 is 0 Å². The van der Waals surface area contributed by atoms with Crippen LogP contribution in [0.25, 0.3) is 33.0 Å². The Kier molecular flexibility index (Phi) is 3.27. The average Bonchev–Trinajstić information content (AvgIpc) is 3.27. The molecule has 1 spiro atoms. The Bertz CT molecular complexity index is 1510. The van der Waals surface area contributed by atoms with Gasteiger partial charge >= 0.3 is 0 Å². The second-order valence-corrected chi connectivity index (χ2v) is 9.38. The van der Waals surface area contributed by atoms with Gasteiger partial charge in [0.2, 0.25) is 0 Å². The molecule has 0 heterocycles. The van der Waals surface area contributed by atoms with E-state index in [9.17, 15) is 0 Å². The molecule has 2 aliphatic rings. The number of fused-ring (bicyclic) bond motifs is 12. The molecule has 1 unspecified atom stereocenters. The highest BCUT2D eigenvalue weighted by molar-refractivity contribution is 14.1. The predicted molar refractivity (Wildman–Crippen MR) is 133 cm³/mol. The first kappa shape index (κ1) is 16.8. The molecule has 0 fully saturated rings. The molecular weight excluding hydrogens is 475 g/mol. The van der Waals surface area contributed by atoms with Crippen molar-refractivity contribution in [1.82, 2.24) is 0 Å². The van der Waals surface area contributed by atoms with Crippen molar-refractivity contribution in [2.24, 2.45) is 0 Å². The molecule has 1 atom stereocenters. The summed E-state index contributed by atoms with van der Waals surface area (Å²) in [6.07, 6.45) is 0. The molecule has 7 rings (SSSR count). The Morgan fingerprint density at radius 1 is 0.500 bits per heavy atom. The van der Waals surface area contributed by atoms with Gasteiger partial charge in [-0.25, -0.2) is 0 Å². The molecule has 2 aliphatic carbocycles. The highest BCUT2D eigenvalue weighted by atomic mass is 127. The quantitative estimate of drug-likeness (QED) is 0.190. The number of benzene rings is 5. The molecule has 0 saturated carbocycles. The molecule has 0 bridgehead atoms. The molecule has 5 aromatic rings. The topological polar surface area (TPSA) is 0 Å². The van der Waals surface area contributed by atoms with Crippen molar-refractivity contribution in [2.75, 3.05) is 0 Å². The van der Waals surface area contributed by atoms with E-state index in [1.807, 2.05) is 0 Å². The molecule has 0 nitrogen and oxygen atoms in total. The SMILES string of the molecule is Ic1cccc2c1C1(c3ccccc3-2)c2ccccc2-c2c1ccc1ccccc21. The Balaban J connectivity index is 1.77. The molecule has 30 heavy (non-hydrogen) atoms. The monoisotopic (exact) mass is 492 g/mol. The molecule has 0 aliphatic heterocycles. The normalized spacial score (nSPS) is 17.6. The molecule has 0 radical (unpaired) electrons.